The van der Waals surface area contributed by atoms with Crippen molar-refractivity contribution in [2.75, 3.05) is 36.4 Å². The minimum atomic E-state index is -0.309. The van der Waals surface area contributed by atoms with Crippen molar-refractivity contribution in [3.05, 3.63) is 59.2 Å². The molecule has 0 aromatic heterocycles. The lowest BCUT2D eigenvalue weighted by Crippen LogP contribution is -3.00. The summed E-state index contributed by atoms with van der Waals surface area (Å²) in [5, 5.41) is 5.64. The number of amides is 4. The standard InChI is InChI=1S/C23H28N4O3.ClH/c1-4-26(5-2)17-11-12-20(16(3)15-17)25-23(30)24-13-8-14-27-21(28)18-9-6-7-10-19(18)22(27)29;/h6-7,9-12,15H,4-5,8,13-14H2,1-3H3,(H2,24,25,30);1H/p-1. The number of halogens is 1. The third kappa shape index (κ3) is 5.35. The molecule has 2 aromatic rings. The number of benzene rings is 2. The number of hydrogen-bond acceptors (Lipinski definition) is 4. The van der Waals surface area contributed by atoms with Gasteiger partial charge in [-0.25, -0.2) is 4.79 Å². The largest absolute Gasteiger partial charge is 1.00 e. The van der Waals surface area contributed by atoms with Gasteiger partial charge in [0.05, 0.1) is 11.1 Å². The zero-order chi connectivity index (χ0) is 21.7. The Kier molecular flexibility index (Phi) is 8.45. The molecule has 3 rings (SSSR count). The van der Waals surface area contributed by atoms with Gasteiger partial charge in [0.1, 0.15) is 0 Å². The first kappa shape index (κ1) is 24.2. The van der Waals surface area contributed by atoms with Gasteiger partial charge in [0, 0.05) is 37.6 Å². The molecule has 2 aromatic carbocycles. The lowest BCUT2D eigenvalue weighted by molar-refractivity contribution is -0.0000328. The van der Waals surface area contributed by atoms with Gasteiger partial charge in [-0.15, -0.1) is 0 Å². The topological polar surface area (TPSA) is 81.8 Å². The molecule has 2 N–H and O–H groups in total. The van der Waals surface area contributed by atoms with Crippen molar-refractivity contribution < 1.29 is 26.8 Å². The summed E-state index contributed by atoms with van der Waals surface area (Å²) in [5.74, 6) is -0.548. The number of imide groups is 1. The van der Waals surface area contributed by atoms with E-state index in [-0.39, 0.29) is 36.8 Å². The molecule has 4 amide bonds. The van der Waals surface area contributed by atoms with Crippen LogP contribution in [0.1, 0.15) is 46.5 Å². The molecule has 0 aliphatic carbocycles. The number of nitrogens with zero attached hydrogens (tertiary/aromatic N) is 2. The van der Waals surface area contributed by atoms with E-state index in [9.17, 15) is 14.4 Å². The Balaban J connectivity index is 0.00000341. The van der Waals surface area contributed by atoms with E-state index in [2.05, 4.69) is 35.4 Å². The van der Waals surface area contributed by atoms with E-state index < -0.39 is 0 Å². The summed E-state index contributed by atoms with van der Waals surface area (Å²) in [5.41, 5.74) is 3.75. The van der Waals surface area contributed by atoms with Crippen LogP contribution in [-0.2, 0) is 0 Å². The van der Waals surface area contributed by atoms with Crippen molar-refractivity contribution >= 4 is 29.2 Å². The first-order chi connectivity index (χ1) is 14.5. The predicted octanol–water partition coefficient (Wildman–Crippen LogP) is 0.653. The fourth-order valence-corrected chi connectivity index (χ4v) is 3.62. The molecule has 166 valence electrons. The molecule has 1 aliphatic heterocycles. The molecule has 0 fully saturated rings. The van der Waals surface area contributed by atoms with Gasteiger partial charge in [-0.05, 0) is 63.1 Å². The summed E-state index contributed by atoms with van der Waals surface area (Å²) in [4.78, 5) is 40.4. The quantitative estimate of drug-likeness (QED) is 0.463. The lowest BCUT2D eigenvalue weighted by atomic mass is 10.1. The Bertz CT molecular complexity index is 925. The molecule has 0 spiro atoms. The molecule has 0 atom stereocenters. The Morgan fingerprint density at radius 3 is 2.16 bits per heavy atom. The summed E-state index contributed by atoms with van der Waals surface area (Å²) in [7, 11) is 0. The average molecular weight is 444 g/mol. The SMILES string of the molecule is CCN(CC)c1ccc(NC(=O)NCCCN2C(=O)c3ccccc3C2=O)c(C)c1.[Cl-]. The predicted molar refractivity (Wildman–Crippen MR) is 118 cm³/mol. The van der Waals surface area contributed by atoms with E-state index in [0.717, 1.165) is 30.0 Å². The molecule has 0 radical (unpaired) electrons. The van der Waals surface area contributed by atoms with Gasteiger partial charge in [0.15, 0.2) is 0 Å². The Labute approximate surface area is 189 Å². The maximum Gasteiger partial charge on any atom is 0.319 e. The zero-order valence-corrected chi connectivity index (χ0v) is 18.8. The molecule has 0 saturated heterocycles. The summed E-state index contributed by atoms with van der Waals surface area (Å²) >= 11 is 0. The molecule has 8 heteroatoms. The van der Waals surface area contributed by atoms with Gasteiger partial charge in [-0.1, -0.05) is 12.1 Å². The van der Waals surface area contributed by atoms with E-state index in [4.69, 9.17) is 0 Å². The molecular weight excluding hydrogens is 416 g/mol. The van der Waals surface area contributed by atoms with Crippen LogP contribution in [0.2, 0.25) is 0 Å². The van der Waals surface area contributed by atoms with E-state index >= 15 is 0 Å². The van der Waals surface area contributed by atoms with Gasteiger partial charge in [0.25, 0.3) is 11.8 Å². The van der Waals surface area contributed by atoms with Crippen LogP contribution in [0, 0.1) is 6.92 Å². The van der Waals surface area contributed by atoms with Crippen LogP contribution >= 0.6 is 0 Å². The highest BCUT2D eigenvalue weighted by Gasteiger charge is 2.34. The number of rotatable bonds is 8. The number of aryl methyl sites for hydroxylation is 1. The molecular formula is C23H28ClN4O3-. The number of urea groups is 1. The van der Waals surface area contributed by atoms with Gasteiger partial charge < -0.3 is 27.9 Å². The van der Waals surface area contributed by atoms with E-state index in [1.54, 1.807) is 24.3 Å². The van der Waals surface area contributed by atoms with E-state index in [1.807, 2.05) is 19.1 Å². The van der Waals surface area contributed by atoms with Crippen LogP contribution in [0.3, 0.4) is 0 Å². The van der Waals surface area contributed by atoms with Crippen LogP contribution in [-0.4, -0.2) is 48.9 Å². The highest BCUT2D eigenvalue weighted by molar-refractivity contribution is 6.21. The minimum absolute atomic E-state index is 0. The summed E-state index contributed by atoms with van der Waals surface area (Å²) in [6.45, 7) is 8.67. The number of anilines is 2. The second kappa shape index (κ2) is 10.8. The lowest BCUT2D eigenvalue weighted by Gasteiger charge is -2.22. The second-order valence-corrected chi connectivity index (χ2v) is 7.21. The van der Waals surface area contributed by atoms with Gasteiger partial charge in [-0.3, -0.25) is 14.5 Å². The molecule has 0 bridgehead atoms. The van der Waals surface area contributed by atoms with Crippen molar-refractivity contribution in [1.29, 1.82) is 0 Å². The molecule has 0 saturated carbocycles. The van der Waals surface area contributed by atoms with Crippen LogP contribution in [0.5, 0.6) is 0 Å². The fourth-order valence-electron chi connectivity index (χ4n) is 3.62. The third-order valence-corrected chi connectivity index (χ3v) is 5.31. The van der Waals surface area contributed by atoms with Crippen molar-refractivity contribution in [2.45, 2.75) is 27.2 Å². The molecule has 7 nitrogen and oxygen atoms in total. The highest BCUT2D eigenvalue weighted by atomic mass is 35.5. The molecule has 0 unspecified atom stereocenters. The normalized spacial score (nSPS) is 12.3. The van der Waals surface area contributed by atoms with Crippen molar-refractivity contribution in [3.8, 4) is 0 Å². The summed E-state index contributed by atoms with van der Waals surface area (Å²) in [6.07, 6.45) is 0.485. The monoisotopic (exact) mass is 443 g/mol. The van der Waals surface area contributed by atoms with Crippen molar-refractivity contribution in [1.82, 2.24) is 10.2 Å². The Hall–Kier alpha value is -3.06. The highest BCUT2D eigenvalue weighted by Crippen LogP contribution is 2.23. The number of carbonyl (C=O) groups is 3. The van der Waals surface area contributed by atoms with Gasteiger partial charge >= 0.3 is 6.03 Å². The second-order valence-electron chi connectivity index (χ2n) is 7.21. The Morgan fingerprint density at radius 2 is 1.61 bits per heavy atom. The maximum absolute atomic E-state index is 12.3. The van der Waals surface area contributed by atoms with Crippen LogP contribution in [0.15, 0.2) is 42.5 Å². The summed E-state index contributed by atoms with van der Waals surface area (Å²) < 4.78 is 0. The number of fused-ring (bicyclic) bond motifs is 1. The molecule has 1 heterocycles. The third-order valence-electron chi connectivity index (χ3n) is 5.31. The first-order valence-corrected chi connectivity index (χ1v) is 10.3. The fraction of sp³-hybridized carbons (Fsp3) is 0.348. The van der Waals surface area contributed by atoms with Crippen LogP contribution in [0.25, 0.3) is 0 Å². The van der Waals surface area contributed by atoms with Crippen LogP contribution < -0.4 is 27.9 Å². The number of carbonyl (C=O) groups excluding carboxylic acids is 3. The average Bonchev–Trinajstić information content (AvgIpc) is 2.99. The van der Waals surface area contributed by atoms with Gasteiger partial charge in [-0.2, -0.15) is 0 Å². The molecule has 1 aliphatic rings. The summed E-state index contributed by atoms with van der Waals surface area (Å²) in [6, 6.07) is 12.5. The van der Waals surface area contributed by atoms with E-state index in [1.165, 1.54) is 4.90 Å². The van der Waals surface area contributed by atoms with E-state index in [0.29, 0.717) is 24.1 Å². The smallest absolute Gasteiger partial charge is 0.319 e. The minimum Gasteiger partial charge on any atom is -1.00 e. The number of nitrogens with one attached hydrogen (secondary N) is 2. The van der Waals surface area contributed by atoms with Gasteiger partial charge in [0.2, 0.25) is 0 Å². The van der Waals surface area contributed by atoms with Crippen molar-refractivity contribution in [2.24, 2.45) is 0 Å². The Morgan fingerprint density at radius 1 is 1.00 bits per heavy atom. The maximum atomic E-state index is 12.3. The molecule has 31 heavy (non-hydrogen) atoms. The van der Waals surface area contributed by atoms with Crippen LogP contribution in [0.4, 0.5) is 16.2 Å². The number of hydrogen-bond donors (Lipinski definition) is 2. The first-order valence-electron chi connectivity index (χ1n) is 10.3. The van der Waals surface area contributed by atoms with Crippen molar-refractivity contribution in [3.63, 3.8) is 0 Å². The zero-order valence-electron chi connectivity index (χ0n) is 18.1.